The van der Waals surface area contributed by atoms with Crippen LogP contribution in [0.4, 0.5) is 10.1 Å². The van der Waals surface area contributed by atoms with E-state index in [1.54, 1.807) is 36.4 Å². The van der Waals surface area contributed by atoms with Crippen molar-refractivity contribution in [3.05, 3.63) is 110 Å². The molecule has 0 fully saturated rings. The number of aryl methyl sites for hydroxylation is 1. The Hall–Kier alpha value is -5.03. The molecule has 0 aliphatic heterocycles. The van der Waals surface area contributed by atoms with E-state index in [1.165, 1.54) is 36.2 Å². The minimum Gasteiger partial charge on any atom is -0.494 e. The first kappa shape index (κ1) is 33.3. The smallest absolute Gasteiger partial charge is 0.282 e. The zero-order valence-corrected chi connectivity index (χ0v) is 28.2. The number of anilines is 1. The number of amides is 1. The average molecular weight is 702 g/mol. The highest BCUT2D eigenvalue weighted by Crippen LogP contribution is 2.36. The van der Waals surface area contributed by atoms with Gasteiger partial charge in [0.25, 0.3) is 11.5 Å². The van der Waals surface area contributed by atoms with Gasteiger partial charge < -0.3 is 19.5 Å². The molecule has 242 valence electrons. The van der Waals surface area contributed by atoms with E-state index >= 15 is 0 Å². The van der Waals surface area contributed by atoms with E-state index in [1.807, 2.05) is 32.0 Å². The summed E-state index contributed by atoms with van der Waals surface area (Å²) < 4.78 is 32.9. The van der Waals surface area contributed by atoms with Crippen molar-refractivity contribution in [2.24, 2.45) is 5.10 Å². The zero-order valence-electron chi connectivity index (χ0n) is 26.6. The van der Waals surface area contributed by atoms with Crippen LogP contribution in [0.3, 0.4) is 0 Å². The molecule has 47 heavy (non-hydrogen) atoms. The SMILES string of the molecule is CCOc1cc(C)c(-c2nc3ccccc3c(=O)n2N=Cc2cc(Br)cc(OC)c2OCC(=O)Nc2cccc(F)c2)cc1C(C)C. The molecular formula is C36H34BrFN4O5. The summed E-state index contributed by atoms with van der Waals surface area (Å²) in [4.78, 5) is 31.6. The van der Waals surface area contributed by atoms with E-state index in [4.69, 9.17) is 19.2 Å². The van der Waals surface area contributed by atoms with Crippen LogP contribution in [0.15, 0.2) is 87.2 Å². The fourth-order valence-electron chi connectivity index (χ4n) is 5.09. The number of ether oxygens (including phenoxy) is 3. The van der Waals surface area contributed by atoms with Gasteiger partial charge in [-0.2, -0.15) is 9.78 Å². The van der Waals surface area contributed by atoms with Crippen LogP contribution in [-0.4, -0.2) is 42.1 Å². The molecule has 1 aromatic heterocycles. The summed E-state index contributed by atoms with van der Waals surface area (Å²) in [6, 6.07) is 20.0. The summed E-state index contributed by atoms with van der Waals surface area (Å²) >= 11 is 3.49. The highest BCUT2D eigenvalue weighted by Gasteiger charge is 2.20. The van der Waals surface area contributed by atoms with Crippen LogP contribution in [0.25, 0.3) is 22.3 Å². The third kappa shape index (κ3) is 7.52. The molecule has 0 atom stereocenters. The minimum atomic E-state index is -0.507. The lowest BCUT2D eigenvalue weighted by atomic mass is 9.96. The number of nitrogens with zero attached hydrogens (tertiary/aromatic N) is 3. The maximum atomic E-state index is 14.0. The van der Waals surface area contributed by atoms with E-state index in [2.05, 4.69) is 40.2 Å². The first-order valence-electron chi connectivity index (χ1n) is 15.0. The highest BCUT2D eigenvalue weighted by atomic mass is 79.9. The number of nitrogens with one attached hydrogen (secondary N) is 1. The third-order valence-corrected chi connectivity index (χ3v) is 7.77. The topological polar surface area (TPSA) is 104 Å². The molecule has 0 radical (unpaired) electrons. The van der Waals surface area contributed by atoms with Crippen molar-refractivity contribution in [2.45, 2.75) is 33.6 Å². The largest absolute Gasteiger partial charge is 0.494 e. The molecule has 5 aromatic rings. The molecule has 1 heterocycles. The number of aromatic nitrogens is 2. The first-order chi connectivity index (χ1) is 22.6. The Bertz CT molecular complexity index is 2040. The number of fused-ring (bicyclic) bond motifs is 1. The van der Waals surface area contributed by atoms with Gasteiger partial charge in [-0.1, -0.05) is 48.0 Å². The van der Waals surface area contributed by atoms with Crippen LogP contribution < -0.4 is 25.1 Å². The number of benzene rings is 4. The fraction of sp³-hybridized carbons (Fsp3) is 0.222. The Labute approximate surface area is 280 Å². The van der Waals surface area contributed by atoms with Crippen LogP contribution in [0, 0.1) is 12.7 Å². The molecule has 9 nitrogen and oxygen atoms in total. The summed E-state index contributed by atoms with van der Waals surface area (Å²) in [5, 5.41) is 7.66. The Morgan fingerprint density at radius 2 is 1.85 bits per heavy atom. The van der Waals surface area contributed by atoms with Gasteiger partial charge in [0.2, 0.25) is 0 Å². The van der Waals surface area contributed by atoms with Gasteiger partial charge in [0.1, 0.15) is 11.6 Å². The van der Waals surface area contributed by atoms with Crippen molar-refractivity contribution in [1.29, 1.82) is 0 Å². The van der Waals surface area contributed by atoms with Gasteiger partial charge >= 0.3 is 0 Å². The molecule has 1 amide bonds. The maximum absolute atomic E-state index is 14.0. The molecule has 0 saturated heterocycles. The third-order valence-electron chi connectivity index (χ3n) is 7.31. The molecule has 11 heteroatoms. The van der Waals surface area contributed by atoms with Crippen LogP contribution in [-0.2, 0) is 4.79 Å². The number of halogens is 2. The number of methoxy groups -OCH3 is 1. The Kier molecular flexibility index (Phi) is 10.4. The predicted octanol–water partition coefficient (Wildman–Crippen LogP) is 7.70. The molecular weight excluding hydrogens is 667 g/mol. The summed E-state index contributed by atoms with van der Waals surface area (Å²) in [5.74, 6) is 0.844. The fourth-order valence-corrected chi connectivity index (χ4v) is 5.54. The molecule has 1 N–H and O–H groups in total. The standard InChI is InChI=1S/C36H34BrFN4O5/c1-6-46-31-14-22(4)29(18-28(31)21(2)3)35-41-30-13-8-7-12-27(30)36(44)42(35)39-19-23-15-24(37)16-32(45-5)34(23)47-20-33(43)40-26-11-9-10-25(38)17-26/h7-19,21H,6,20H2,1-5H3,(H,40,43). The maximum Gasteiger partial charge on any atom is 0.282 e. The highest BCUT2D eigenvalue weighted by molar-refractivity contribution is 9.10. The van der Waals surface area contributed by atoms with Crippen LogP contribution in [0.2, 0.25) is 0 Å². The van der Waals surface area contributed by atoms with E-state index in [0.717, 1.165) is 22.4 Å². The number of carbonyl (C=O) groups excluding carboxylic acids is 1. The Morgan fingerprint density at radius 1 is 1.06 bits per heavy atom. The van der Waals surface area contributed by atoms with Crippen molar-refractivity contribution in [2.75, 3.05) is 25.6 Å². The average Bonchev–Trinajstić information content (AvgIpc) is 3.03. The van der Waals surface area contributed by atoms with Gasteiger partial charge in [0.15, 0.2) is 23.9 Å². The van der Waals surface area contributed by atoms with Gasteiger partial charge in [-0.15, -0.1) is 0 Å². The summed E-state index contributed by atoms with van der Waals surface area (Å²) in [6.07, 6.45) is 1.46. The Balaban J connectivity index is 1.59. The number of rotatable bonds is 11. The quantitative estimate of drug-likeness (QED) is 0.142. The van der Waals surface area contributed by atoms with Crippen molar-refractivity contribution in [3.8, 4) is 28.6 Å². The lowest BCUT2D eigenvalue weighted by Gasteiger charge is -2.18. The minimum absolute atomic E-state index is 0.145. The van der Waals surface area contributed by atoms with Crippen molar-refractivity contribution >= 4 is 44.6 Å². The van der Waals surface area contributed by atoms with Gasteiger partial charge in [-0.05, 0) is 85.5 Å². The normalized spacial score (nSPS) is 11.3. The Morgan fingerprint density at radius 3 is 2.57 bits per heavy atom. The van der Waals surface area contributed by atoms with E-state index in [0.29, 0.717) is 44.8 Å². The number of para-hydroxylation sites is 1. The van der Waals surface area contributed by atoms with Gasteiger partial charge in [0.05, 0.1) is 30.8 Å². The van der Waals surface area contributed by atoms with Crippen molar-refractivity contribution in [1.82, 2.24) is 9.66 Å². The monoisotopic (exact) mass is 700 g/mol. The molecule has 0 aliphatic carbocycles. The molecule has 0 bridgehead atoms. The van der Waals surface area contributed by atoms with Crippen molar-refractivity contribution in [3.63, 3.8) is 0 Å². The predicted molar refractivity (Wildman–Crippen MR) is 186 cm³/mol. The van der Waals surface area contributed by atoms with Crippen LogP contribution in [0.5, 0.6) is 17.2 Å². The second-order valence-electron chi connectivity index (χ2n) is 11.0. The lowest BCUT2D eigenvalue weighted by Crippen LogP contribution is -2.21. The number of hydrogen-bond donors (Lipinski definition) is 1. The lowest BCUT2D eigenvalue weighted by molar-refractivity contribution is -0.118. The second kappa shape index (κ2) is 14.6. The number of carbonyl (C=O) groups is 1. The second-order valence-corrected chi connectivity index (χ2v) is 11.9. The van der Waals surface area contributed by atoms with Crippen molar-refractivity contribution < 1.29 is 23.4 Å². The molecule has 0 aliphatic rings. The molecule has 0 saturated carbocycles. The number of hydrogen-bond acceptors (Lipinski definition) is 7. The van der Waals surface area contributed by atoms with Gasteiger partial charge in [0, 0.05) is 21.3 Å². The summed E-state index contributed by atoms with van der Waals surface area (Å²) in [7, 11) is 1.47. The zero-order chi connectivity index (χ0) is 33.7. The first-order valence-corrected chi connectivity index (χ1v) is 15.8. The molecule has 5 rings (SSSR count). The molecule has 0 spiro atoms. The van der Waals surface area contributed by atoms with Crippen LogP contribution >= 0.6 is 15.9 Å². The van der Waals surface area contributed by atoms with Gasteiger partial charge in [-0.25, -0.2) is 9.37 Å². The molecule has 0 unspecified atom stereocenters. The van der Waals surface area contributed by atoms with E-state index in [9.17, 15) is 14.0 Å². The summed E-state index contributed by atoms with van der Waals surface area (Å²) in [6.45, 7) is 8.16. The van der Waals surface area contributed by atoms with Crippen LogP contribution in [0.1, 0.15) is 43.4 Å². The summed E-state index contributed by atoms with van der Waals surface area (Å²) in [5.41, 5.74) is 3.47. The van der Waals surface area contributed by atoms with Gasteiger partial charge in [-0.3, -0.25) is 9.59 Å². The van der Waals surface area contributed by atoms with E-state index in [-0.39, 0.29) is 17.2 Å². The molecule has 4 aromatic carbocycles. The van der Waals surface area contributed by atoms with E-state index < -0.39 is 18.3 Å².